The summed E-state index contributed by atoms with van der Waals surface area (Å²) in [6, 6.07) is 2.62. The second-order valence-corrected chi connectivity index (χ2v) is 6.79. The van der Waals surface area contributed by atoms with Crippen LogP contribution in [0.25, 0.3) is 0 Å². The molecule has 1 heterocycles. The zero-order valence-electron chi connectivity index (χ0n) is 12.4. The summed E-state index contributed by atoms with van der Waals surface area (Å²) in [4.78, 5) is 4.24. The number of hydrogen-bond acceptors (Lipinski definition) is 2. The van der Waals surface area contributed by atoms with Gasteiger partial charge in [-0.25, -0.2) is 4.98 Å². The van der Waals surface area contributed by atoms with Gasteiger partial charge in [-0.05, 0) is 49.1 Å². The van der Waals surface area contributed by atoms with Crippen molar-refractivity contribution in [3.8, 4) is 0 Å². The summed E-state index contributed by atoms with van der Waals surface area (Å²) in [6.45, 7) is 9.05. The molecular formula is C16H25ClN2. The van der Waals surface area contributed by atoms with Crippen LogP contribution < -0.4 is 5.32 Å². The molecule has 0 saturated heterocycles. The van der Waals surface area contributed by atoms with Gasteiger partial charge in [-0.2, -0.15) is 0 Å². The number of aryl methyl sites for hydroxylation is 1. The van der Waals surface area contributed by atoms with Gasteiger partial charge in [0, 0.05) is 12.2 Å². The fourth-order valence-corrected chi connectivity index (χ4v) is 3.38. The standard InChI is InChI=1S/C16H25ClN2/c1-10(2)13-6-5-11(3)7-14(13)19-15-8-12(4)9-18-16(15)17/h8-11,13-14,19H,5-7H2,1-4H3. The van der Waals surface area contributed by atoms with Gasteiger partial charge in [-0.3, -0.25) is 0 Å². The van der Waals surface area contributed by atoms with Crippen molar-refractivity contribution in [1.82, 2.24) is 4.98 Å². The molecule has 1 aromatic heterocycles. The van der Waals surface area contributed by atoms with Gasteiger partial charge in [0.25, 0.3) is 0 Å². The molecule has 3 atom stereocenters. The van der Waals surface area contributed by atoms with Crippen molar-refractivity contribution in [2.24, 2.45) is 17.8 Å². The van der Waals surface area contributed by atoms with Gasteiger partial charge in [-0.1, -0.05) is 38.8 Å². The number of rotatable bonds is 3. The van der Waals surface area contributed by atoms with Gasteiger partial charge >= 0.3 is 0 Å². The van der Waals surface area contributed by atoms with Crippen LogP contribution in [0.3, 0.4) is 0 Å². The summed E-state index contributed by atoms with van der Waals surface area (Å²) in [5, 5.41) is 4.25. The fourth-order valence-electron chi connectivity index (χ4n) is 3.22. The third kappa shape index (κ3) is 3.62. The van der Waals surface area contributed by atoms with Gasteiger partial charge in [0.2, 0.25) is 0 Å². The minimum Gasteiger partial charge on any atom is -0.380 e. The van der Waals surface area contributed by atoms with E-state index in [2.05, 4.69) is 44.1 Å². The van der Waals surface area contributed by atoms with Crippen molar-refractivity contribution in [3.05, 3.63) is 23.0 Å². The molecule has 19 heavy (non-hydrogen) atoms. The maximum absolute atomic E-state index is 6.21. The number of nitrogens with zero attached hydrogens (tertiary/aromatic N) is 1. The zero-order chi connectivity index (χ0) is 14.0. The number of aromatic nitrogens is 1. The molecule has 1 aliphatic rings. The zero-order valence-corrected chi connectivity index (χ0v) is 13.2. The van der Waals surface area contributed by atoms with Crippen molar-refractivity contribution < 1.29 is 0 Å². The van der Waals surface area contributed by atoms with Gasteiger partial charge in [-0.15, -0.1) is 0 Å². The molecule has 1 aromatic rings. The normalized spacial score (nSPS) is 27.6. The Morgan fingerprint density at radius 3 is 2.79 bits per heavy atom. The minimum absolute atomic E-state index is 0.518. The van der Waals surface area contributed by atoms with Crippen LogP contribution in [0.2, 0.25) is 5.15 Å². The van der Waals surface area contributed by atoms with Gasteiger partial charge in [0.05, 0.1) is 5.69 Å². The third-order valence-electron chi connectivity index (χ3n) is 4.34. The third-order valence-corrected chi connectivity index (χ3v) is 4.64. The lowest BCUT2D eigenvalue weighted by molar-refractivity contribution is 0.212. The van der Waals surface area contributed by atoms with Gasteiger partial charge in [0.1, 0.15) is 0 Å². The lowest BCUT2D eigenvalue weighted by Crippen LogP contribution is -2.37. The van der Waals surface area contributed by atoms with E-state index in [9.17, 15) is 0 Å². The first-order valence-corrected chi connectivity index (χ1v) is 7.74. The molecule has 1 saturated carbocycles. The molecule has 0 radical (unpaired) electrons. The van der Waals surface area contributed by atoms with Crippen molar-refractivity contribution in [2.75, 3.05) is 5.32 Å². The van der Waals surface area contributed by atoms with Crippen LogP contribution in [0.1, 0.15) is 45.6 Å². The average molecular weight is 281 g/mol. The van der Waals surface area contributed by atoms with E-state index in [4.69, 9.17) is 11.6 Å². The Labute approximate surface area is 122 Å². The summed E-state index contributed by atoms with van der Waals surface area (Å²) in [7, 11) is 0. The summed E-state index contributed by atoms with van der Waals surface area (Å²) >= 11 is 6.21. The number of hydrogen-bond donors (Lipinski definition) is 1. The Hall–Kier alpha value is -0.760. The van der Waals surface area contributed by atoms with E-state index in [1.54, 1.807) is 0 Å². The first-order valence-electron chi connectivity index (χ1n) is 7.36. The number of nitrogens with one attached hydrogen (secondary N) is 1. The first-order chi connectivity index (χ1) is 8.97. The smallest absolute Gasteiger partial charge is 0.152 e. The van der Waals surface area contributed by atoms with E-state index in [1.807, 2.05) is 6.20 Å². The van der Waals surface area contributed by atoms with Crippen molar-refractivity contribution in [1.29, 1.82) is 0 Å². The highest BCUT2D eigenvalue weighted by molar-refractivity contribution is 6.31. The molecule has 0 amide bonds. The minimum atomic E-state index is 0.518. The van der Waals surface area contributed by atoms with Crippen molar-refractivity contribution in [2.45, 2.75) is 53.0 Å². The Balaban J connectivity index is 2.16. The van der Waals surface area contributed by atoms with Crippen LogP contribution in [-0.2, 0) is 0 Å². The van der Waals surface area contributed by atoms with E-state index >= 15 is 0 Å². The van der Waals surface area contributed by atoms with Crippen LogP contribution in [0.5, 0.6) is 0 Å². The Bertz CT molecular complexity index is 431. The molecule has 0 aliphatic heterocycles. The van der Waals surface area contributed by atoms with Crippen LogP contribution >= 0.6 is 11.6 Å². The Morgan fingerprint density at radius 1 is 1.37 bits per heavy atom. The Kier molecular flexibility index (Phi) is 4.72. The van der Waals surface area contributed by atoms with E-state index < -0.39 is 0 Å². The maximum atomic E-state index is 6.21. The molecule has 3 unspecified atom stereocenters. The molecule has 106 valence electrons. The summed E-state index contributed by atoms with van der Waals surface area (Å²) in [5.74, 6) is 2.23. The molecule has 0 spiro atoms. The number of anilines is 1. The molecule has 2 rings (SSSR count). The average Bonchev–Trinajstić information content (AvgIpc) is 2.33. The summed E-state index contributed by atoms with van der Waals surface area (Å²) in [5.41, 5.74) is 2.14. The molecule has 2 nitrogen and oxygen atoms in total. The van der Waals surface area contributed by atoms with Crippen molar-refractivity contribution >= 4 is 17.3 Å². The number of halogens is 1. The molecule has 1 N–H and O–H groups in total. The summed E-state index contributed by atoms with van der Waals surface area (Å²) in [6.07, 6.45) is 5.71. The van der Waals surface area contributed by atoms with Gasteiger partial charge in [0.15, 0.2) is 5.15 Å². The maximum Gasteiger partial charge on any atom is 0.152 e. The van der Waals surface area contributed by atoms with Gasteiger partial charge < -0.3 is 5.32 Å². The van der Waals surface area contributed by atoms with E-state index in [-0.39, 0.29) is 0 Å². The largest absolute Gasteiger partial charge is 0.380 e. The second-order valence-electron chi connectivity index (χ2n) is 6.43. The van der Waals surface area contributed by atoms with Crippen molar-refractivity contribution in [3.63, 3.8) is 0 Å². The molecule has 3 heteroatoms. The van der Waals surface area contributed by atoms with Crippen LogP contribution in [-0.4, -0.2) is 11.0 Å². The molecule has 0 aromatic carbocycles. The lowest BCUT2D eigenvalue weighted by atomic mass is 9.74. The van der Waals surface area contributed by atoms with Crippen LogP contribution in [0.15, 0.2) is 12.3 Å². The monoisotopic (exact) mass is 280 g/mol. The van der Waals surface area contributed by atoms with Crippen LogP contribution in [0, 0.1) is 24.7 Å². The number of pyridine rings is 1. The quantitative estimate of drug-likeness (QED) is 0.795. The molecule has 1 fully saturated rings. The van der Waals surface area contributed by atoms with Crippen LogP contribution in [0.4, 0.5) is 5.69 Å². The highest BCUT2D eigenvalue weighted by atomic mass is 35.5. The van der Waals surface area contributed by atoms with E-state index in [0.29, 0.717) is 17.1 Å². The molecule has 0 bridgehead atoms. The highest BCUT2D eigenvalue weighted by Gasteiger charge is 2.30. The second kappa shape index (κ2) is 6.13. The van der Waals surface area contributed by atoms with E-state index in [1.165, 1.54) is 19.3 Å². The lowest BCUT2D eigenvalue weighted by Gasteiger charge is -2.38. The highest BCUT2D eigenvalue weighted by Crippen LogP contribution is 2.36. The SMILES string of the molecule is Cc1cnc(Cl)c(NC2CC(C)CCC2C(C)C)c1. The Morgan fingerprint density at radius 2 is 2.11 bits per heavy atom. The molecular weight excluding hydrogens is 256 g/mol. The topological polar surface area (TPSA) is 24.9 Å². The molecule has 1 aliphatic carbocycles. The predicted molar refractivity (Wildman–Crippen MR) is 82.7 cm³/mol. The van der Waals surface area contributed by atoms with E-state index in [0.717, 1.165) is 23.1 Å². The summed E-state index contributed by atoms with van der Waals surface area (Å²) < 4.78 is 0. The first kappa shape index (κ1) is 14.6. The fraction of sp³-hybridized carbons (Fsp3) is 0.688. The predicted octanol–water partition coefficient (Wildman–Crippen LogP) is 4.92.